The van der Waals surface area contributed by atoms with Crippen molar-refractivity contribution in [3.05, 3.63) is 51.4 Å². The van der Waals surface area contributed by atoms with Crippen LogP contribution in [-0.2, 0) is 6.42 Å². The Morgan fingerprint density at radius 2 is 2.04 bits per heavy atom. The number of hydrogen-bond donors (Lipinski definition) is 3. The highest BCUT2D eigenvalue weighted by Crippen LogP contribution is 2.31. The van der Waals surface area contributed by atoms with E-state index in [-0.39, 0.29) is 17.6 Å². The van der Waals surface area contributed by atoms with Crippen LogP contribution < -0.4 is 16.8 Å². The molecule has 0 fully saturated rings. The zero-order chi connectivity index (χ0) is 18.8. The summed E-state index contributed by atoms with van der Waals surface area (Å²) in [6.07, 6.45) is 2.31. The molecule has 1 heterocycles. The van der Waals surface area contributed by atoms with Gasteiger partial charge in [0.2, 0.25) is 5.96 Å². The lowest BCUT2D eigenvalue weighted by atomic mass is 9.93. The maximum absolute atomic E-state index is 12.7. The number of carbonyl (C=O) groups is 1. The van der Waals surface area contributed by atoms with Crippen molar-refractivity contribution in [1.82, 2.24) is 0 Å². The summed E-state index contributed by atoms with van der Waals surface area (Å²) < 4.78 is 5.83. The summed E-state index contributed by atoms with van der Waals surface area (Å²) in [5.41, 5.74) is 14.5. The molecule has 0 spiro atoms. The monoisotopic (exact) mass is 373 g/mol. The number of hydrogen-bond acceptors (Lipinski definition) is 4. The van der Waals surface area contributed by atoms with Gasteiger partial charge in [0, 0.05) is 28.3 Å². The predicted molar refractivity (Wildman–Crippen MR) is 103 cm³/mol. The van der Waals surface area contributed by atoms with Crippen LogP contribution in [0, 0.1) is 13.8 Å². The average molecular weight is 374 g/mol. The van der Waals surface area contributed by atoms with E-state index in [9.17, 15) is 4.79 Å². The number of nitrogens with one attached hydrogen (secondary N) is 1. The number of nitrogens with zero attached hydrogens (tertiary/aromatic N) is 2. The van der Waals surface area contributed by atoms with E-state index in [2.05, 4.69) is 15.5 Å². The van der Waals surface area contributed by atoms with Gasteiger partial charge < -0.3 is 21.2 Å². The highest BCUT2D eigenvalue weighted by Gasteiger charge is 2.28. The Hall–Kier alpha value is -2.80. The number of aryl methyl sites for hydroxylation is 2. The summed E-state index contributed by atoms with van der Waals surface area (Å²) in [5.74, 6) is 0.536. The summed E-state index contributed by atoms with van der Waals surface area (Å²) in [6.45, 7) is 3.73. The molecule has 1 amide bonds. The maximum Gasteiger partial charge on any atom is 0.291 e. The Morgan fingerprint density at radius 3 is 2.73 bits per heavy atom. The highest BCUT2D eigenvalue weighted by molar-refractivity contribution is 6.31. The first kappa shape index (κ1) is 18.0. The molecule has 1 aromatic carbocycles. The summed E-state index contributed by atoms with van der Waals surface area (Å²) in [6, 6.07) is 5.35. The minimum atomic E-state index is -0.335. The molecule has 0 aliphatic heterocycles. The van der Waals surface area contributed by atoms with Gasteiger partial charge >= 0.3 is 0 Å². The Bertz CT molecular complexity index is 926. The molecule has 0 atom stereocenters. The summed E-state index contributed by atoms with van der Waals surface area (Å²) in [5, 5.41) is 11.2. The van der Waals surface area contributed by atoms with Crippen LogP contribution in [0.15, 0.2) is 32.8 Å². The van der Waals surface area contributed by atoms with Gasteiger partial charge in [0.25, 0.3) is 5.91 Å². The SMILES string of the molecule is Cc1ccc(NC(=O)c2oc3c(c2C)/C(=N/N=C(N)N)CCC3)cc1Cl. The lowest BCUT2D eigenvalue weighted by molar-refractivity contribution is 0.0994. The Balaban J connectivity index is 1.92. The van der Waals surface area contributed by atoms with Gasteiger partial charge in [-0.1, -0.05) is 17.7 Å². The smallest absolute Gasteiger partial charge is 0.291 e. The van der Waals surface area contributed by atoms with E-state index < -0.39 is 0 Å². The molecule has 1 aromatic heterocycles. The molecule has 1 aliphatic carbocycles. The molecule has 0 saturated carbocycles. The van der Waals surface area contributed by atoms with E-state index in [1.807, 2.05) is 19.9 Å². The molecule has 26 heavy (non-hydrogen) atoms. The number of guanidine groups is 1. The maximum atomic E-state index is 12.7. The van der Waals surface area contributed by atoms with Gasteiger partial charge in [-0.05, 0) is 44.4 Å². The van der Waals surface area contributed by atoms with E-state index in [1.165, 1.54) is 0 Å². The summed E-state index contributed by atoms with van der Waals surface area (Å²) >= 11 is 6.11. The topological polar surface area (TPSA) is 119 Å². The van der Waals surface area contributed by atoms with E-state index in [0.717, 1.165) is 47.4 Å². The molecule has 0 saturated heterocycles. The zero-order valence-electron chi connectivity index (χ0n) is 14.6. The predicted octanol–water partition coefficient (Wildman–Crippen LogP) is 3.12. The van der Waals surface area contributed by atoms with Gasteiger partial charge in [0.05, 0.1) is 5.71 Å². The summed E-state index contributed by atoms with van der Waals surface area (Å²) in [4.78, 5) is 12.7. The number of amides is 1. The lowest BCUT2D eigenvalue weighted by Crippen LogP contribution is -2.22. The quantitative estimate of drug-likeness (QED) is 0.435. The van der Waals surface area contributed by atoms with Crippen molar-refractivity contribution in [2.75, 3.05) is 5.32 Å². The number of carbonyl (C=O) groups excluding carboxylic acids is 1. The molecule has 0 bridgehead atoms. The fraction of sp³-hybridized carbons (Fsp3) is 0.278. The highest BCUT2D eigenvalue weighted by atomic mass is 35.5. The second-order valence-corrected chi connectivity index (χ2v) is 6.60. The Labute approximate surface area is 156 Å². The van der Waals surface area contributed by atoms with Crippen molar-refractivity contribution in [2.45, 2.75) is 33.1 Å². The number of halogens is 1. The molecule has 0 radical (unpaired) electrons. The first-order valence-corrected chi connectivity index (χ1v) is 8.60. The van der Waals surface area contributed by atoms with E-state index in [4.69, 9.17) is 27.5 Å². The summed E-state index contributed by atoms with van der Waals surface area (Å²) in [7, 11) is 0. The molecular weight excluding hydrogens is 354 g/mol. The van der Waals surface area contributed by atoms with Gasteiger partial charge in [0.15, 0.2) is 5.76 Å². The van der Waals surface area contributed by atoms with Crippen LogP contribution in [0.3, 0.4) is 0 Å². The molecule has 3 rings (SSSR count). The fourth-order valence-corrected chi connectivity index (χ4v) is 3.14. The minimum absolute atomic E-state index is 0.111. The first-order valence-electron chi connectivity index (χ1n) is 8.22. The third-order valence-corrected chi connectivity index (χ3v) is 4.66. The van der Waals surface area contributed by atoms with E-state index in [0.29, 0.717) is 10.7 Å². The van der Waals surface area contributed by atoms with Crippen LogP contribution in [0.4, 0.5) is 5.69 Å². The molecule has 2 aromatic rings. The average Bonchev–Trinajstić information content (AvgIpc) is 2.94. The Kier molecular flexibility index (Phi) is 4.99. The van der Waals surface area contributed by atoms with Crippen LogP contribution in [0.25, 0.3) is 0 Å². The second kappa shape index (κ2) is 7.21. The standard InChI is InChI=1S/C18H20ClN5O2/c1-9-6-7-11(8-12(9)19)22-17(25)16-10(2)15-13(23-24-18(20)21)4-3-5-14(15)26-16/h6-8H,3-5H2,1-2H3,(H,22,25)(H4,20,21,24)/b23-13+. The number of nitrogens with two attached hydrogens (primary N) is 2. The molecule has 1 aliphatic rings. The van der Waals surface area contributed by atoms with Crippen molar-refractivity contribution in [1.29, 1.82) is 0 Å². The number of rotatable bonds is 3. The van der Waals surface area contributed by atoms with Crippen molar-refractivity contribution in [3.8, 4) is 0 Å². The largest absolute Gasteiger partial charge is 0.455 e. The molecule has 8 heteroatoms. The molecule has 5 N–H and O–H groups in total. The van der Waals surface area contributed by atoms with Crippen molar-refractivity contribution in [3.63, 3.8) is 0 Å². The Morgan fingerprint density at radius 1 is 1.27 bits per heavy atom. The van der Waals surface area contributed by atoms with Crippen LogP contribution in [0.2, 0.25) is 5.02 Å². The number of fused-ring (bicyclic) bond motifs is 1. The molecule has 0 unspecified atom stereocenters. The van der Waals surface area contributed by atoms with Gasteiger partial charge in [-0.3, -0.25) is 4.79 Å². The van der Waals surface area contributed by atoms with Crippen LogP contribution in [0.5, 0.6) is 0 Å². The normalized spacial score (nSPS) is 14.8. The molecular formula is C18H20ClN5O2. The number of anilines is 1. The van der Waals surface area contributed by atoms with Crippen LogP contribution in [0.1, 0.15) is 45.8 Å². The fourth-order valence-electron chi connectivity index (χ4n) is 2.96. The first-order chi connectivity index (χ1) is 12.4. The van der Waals surface area contributed by atoms with E-state index in [1.54, 1.807) is 12.1 Å². The van der Waals surface area contributed by atoms with Crippen LogP contribution in [-0.4, -0.2) is 17.6 Å². The number of furan rings is 1. The third-order valence-electron chi connectivity index (χ3n) is 4.25. The minimum Gasteiger partial charge on any atom is -0.455 e. The zero-order valence-corrected chi connectivity index (χ0v) is 15.4. The molecule has 7 nitrogen and oxygen atoms in total. The lowest BCUT2D eigenvalue weighted by Gasteiger charge is -2.11. The molecule has 136 valence electrons. The van der Waals surface area contributed by atoms with Crippen LogP contribution >= 0.6 is 11.6 Å². The van der Waals surface area contributed by atoms with Gasteiger partial charge in [-0.25, -0.2) is 0 Å². The van der Waals surface area contributed by atoms with Crippen molar-refractivity contribution in [2.24, 2.45) is 21.7 Å². The van der Waals surface area contributed by atoms with Gasteiger partial charge in [0.1, 0.15) is 5.76 Å². The van der Waals surface area contributed by atoms with Gasteiger partial charge in [-0.15, -0.1) is 5.10 Å². The van der Waals surface area contributed by atoms with Crippen molar-refractivity contribution < 1.29 is 9.21 Å². The third kappa shape index (κ3) is 3.57. The van der Waals surface area contributed by atoms with Crippen molar-refractivity contribution >= 4 is 34.9 Å². The van der Waals surface area contributed by atoms with E-state index >= 15 is 0 Å². The number of benzene rings is 1. The van der Waals surface area contributed by atoms with Gasteiger partial charge in [-0.2, -0.15) is 5.10 Å². The second-order valence-electron chi connectivity index (χ2n) is 6.20.